The number of hydrogen-bond acceptors (Lipinski definition) is 5. The summed E-state index contributed by atoms with van der Waals surface area (Å²) >= 11 is 0. The average molecular weight is 416 g/mol. The summed E-state index contributed by atoms with van der Waals surface area (Å²) in [5.41, 5.74) is 1.31. The Kier molecular flexibility index (Phi) is 7.76. The molecule has 0 saturated carbocycles. The number of carbonyl (C=O) groups is 1. The van der Waals surface area contributed by atoms with E-state index in [1.807, 2.05) is 44.2 Å². The molecule has 29 heavy (non-hydrogen) atoms. The first-order valence-corrected chi connectivity index (χ1v) is 10.7. The van der Waals surface area contributed by atoms with Crippen LogP contribution >= 0.6 is 0 Å². The minimum absolute atomic E-state index is 0.0407. The van der Waals surface area contributed by atoms with Crippen molar-refractivity contribution in [2.24, 2.45) is 5.92 Å². The van der Waals surface area contributed by atoms with Crippen molar-refractivity contribution in [2.75, 3.05) is 13.7 Å². The quantitative estimate of drug-likeness (QED) is 0.612. The molecular weight excluding hydrogens is 390 g/mol. The molecule has 0 radical (unpaired) electrons. The Labute approximate surface area is 171 Å². The molecular formula is C21H25N3O4S. The minimum Gasteiger partial charge on any atom is -0.497 e. The summed E-state index contributed by atoms with van der Waals surface area (Å²) in [5.74, 6) is 0.597. The molecule has 2 N–H and O–H groups in total. The van der Waals surface area contributed by atoms with Crippen LogP contribution in [0.1, 0.15) is 42.2 Å². The second-order valence-electron chi connectivity index (χ2n) is 6.80. The lowest BCUT2D eigenvalue weighted by Gasteiger charge is -2.23. The molecule has 2 rings (SSSR count). The molecule has 1 amide bonds. The molecule has 2 aromatic rings. The molecule has 0 saturated heterocycles. The molecule has 0 aliphatic carbocycles. The number of hydrogen-bond donors (Lipinski definition) is 2. The first-order chi connectivity index (χ1) is 13.8. The SMILES string of the molecule is COc1ccc(C(NC(=O)c2ccc(S(=O)(=O)NCCC#N)cc2)C(C)C)cc1. The highest BCUT2D eigenvalue weighted by atomic mass is 32.2. The van der Waals surface area contributed by atoms with E-state index in [0.29, 0.717) is 5.56 Å². The van der Waals surface area contributed by atoms with Crippen molar-refractivity contribution in [1.82, 2.24) is 10.0 Å². The summed E-state index contributed by atoms with van der Waals surface area (Å²) in [4.78, 5) is 12.7. The number of sulfonamides is 1. The van der Waals surface area contributed by atoms with Crippen LogP contribution in [0.4, 0.5) is 0 Å². The monoisotopic (exact) mass is 415 g/mol. The van der Waals surface area contributed by atoms with Gasteiger partial charge in [-0.15, -0.1) is 0 Å². The fourth-order valence-corrected chi connectivity index (χ4v) is 3.81. The van der Waals surface area contributed by atoms with E-state index in [0.717, 1.165) is 11.3 Å². The van der Waals surface area contributed by atoms with E-state index in [1.165, 1.54) is 24.3 Å². The zero-order valence-electron chi connectivity index (χ0n) is 16.7. The van der Waals surface area contributed by atoms with Gasteiger partial charge in [-0.2, -0.15) is 5.26 Å². The van der Waals surface area contributed by atoms with Crippen LogP contribution < -0.4 is 14.8 Å². The molecule has 2 aromatic carbocycles. The molecule has 0 aliphatic heterocycles. The van der Waals surface area contributed by atoms with E-state index < -0.39 is 10.0 Å². The van der Waals surface area contributed by atoms with Crippen LogP contribution in [0.15, 0.2) is 53.4 Å². The number of nitriles is 1. The lowest BCUT2D eigenvalue weighted by Crippen LogP contribution is -2.31. The van der Waals surface area contributed by atoms with E-state index in [9.17, 15) is 13.2 Å². The van der Waals surface area contributed by atoms with Crippen molar-refractivity contribution < 1.29 is 17.9 Å². The Balaban J connectivity index is 2.13. The van der Waals surface area contributed by atoms with Crippen LogP contribution in [-0.2, 0) is 10.0 Å². The third-order valence-corrected chi connectivity index (χ3v) is 5.86. The van der Waals surface area contributed by atoms with Crippen molar-refractivity contribution in [3.05, 3.63) is 59.7 Å². The summed E-state index contributed by atoms with van der Waals surface area (Å²) < 4.78 is 31.8. The van der Waals surface area contributed by atoms with Gasteiger partial charge in [-0.25, -0.2) is 13.1 Å². The standard InChI is InChI=1S/C21H25N3O4S/c1-15(2)20(16-5-9-18(28-3)10-6-16)24-21(25)17-7-11-19(12-8-17)29(26,27)23-14-4-13-22/h5-12,15,20,23H,4,14H2,1-3H3,(H,24,25). The predicted molar refractivity (Wildman–Crippen MR) is 110 cm³/mol. The van der Waals surface area contributed by atoms with Gasteiger partial charge < -0.3 is 10.1 Å². The van der Waals surface area contributed by atoms with Gasteiger partial charge in [0, 0.05) is 18.5 Å². The van der Waals surface area contributed by atoms with Gasteiger partial charge in [0.25, 0.3) is 5.91 Å². The second kappa shape index (κ2) is 10.0. The van der Waals surface area contributed by atoms with Gasteiger partial charge in [0.1, 0.15) is 5.75 Å². The smallest absolute Gasteiger partial charge is 0.251 e. The summed E-state index contributed by atoms with van der Waals surface area (Å²) in [6.07, 6.45) is 0.0850. The highest BCUT2D eigenvalue weighted by Gasteiger charge is 2.20. The number of nitrogens with one attached hydrogen (secondary N) is 2. The van der Waals surface area contributed by atoms with Crippen LogP contribution in [0.5, 0.6) is 5.75 Å². The topological polar surface area (TPSA) is 108 Å². The summed E-state index contributed by atoms with van der Waals surface area (Å²) in [6.45, 7) is 4.06. The van der Waals surface area contributed by atoms with E-state index in [-0.39, 0.29) is 35.7 Å². The number of benzene rings is 2. The molecule has 0 aromatic heterocycles. The molecule has 0 spiro atoms. The van der Waals surface area contributed by atoms with E-state index >= 15 is 0 Å². The number of ether oxygens (including phenoxy) is 1. The summed E-state index contributed by atoms with van der Waals surface area (Å²) in [5, 5.41) is 11.5. The molecule has 0 heterocycles. The summed E-state index contributed by atoms with van der Waals surface area (Å²) in [7, 11) is -2.11. The Hall–Kier alpha value is -2.89. The highest BCUT2D eigenvalue weighted by molar-refractivity contribution is 7.89. The van der Waals surface area contributed by atoms with Crippen molar-refractivity contribution in [3.63, 3.8) is 0 Å². The third-order valence-electron chi connectivity index (χ3n) is 4.38. The number of nitrogens with zero attached hydrogens (tertiary/aromatic N) is 1. The first-order valence-electron chi connectivity index (χ1n) is 9.20. The zero-order valence-corrected chi connectivity index (χ0v) is 17.5. The van der Waals surface area contributed by atoms with Gasteiger partial charge in [-0.1, -0.05) is 26.0 Å². The van der Waals surface area contributed by atoms with Gasteiger partial charge >= 0.3 is 0 Å². The molecule has 0 bridgehead atoms. The van der Waals surface area contributed by atoms with Crippen molar-refractivity contribution >= 4 is 15.9 Å². The Morgan fingerprint density at radius 2 is 1.72 bits per heavy atom. The van der Waals surface area contributed by atoms with Gasteiger partial charge in [0.15, 0.2) is 0 Å². The number of carbonyl (C=O) groups excluding carboxylic acids is 1. The largest absolute Gasteiger partial charge is 0.497 e. The Morgan fingerprint density at radius 3 is 2.24 bits per heavy atom. The third kappa shape index (κ3) is 6.04. The van der Waals surface area contributed by atoms with Crippen molar-refractivity contribution in [1.29, 1.82) is 5.26 Å². The molecule has 7 nitrogen and oxygen atoms in total. The molecule has 0 fully saturated rings. The molecule has 1 atom stereocenters. The fourth-order valence-electron chi connectivity index (χ4n) is 2.78. The Bertz CT molecular complexity index is 962. The number of amides is 1. The lowest BCUT2D eigenvalue weighted by atomic mass is 9.95. The second-order valence-corrected chi connectivity index (χ2v) is 8.57. The van der Waals surface area contributed by atoms with Crippen molar-refractivity contribution in [2.45, 2.75) is 31.2 Å². The number of methoxy groups -OCH3 is 1. The molecule has 0 aliphatic rings. The van der Waals surface area contributed by atoms with Gasteiger partial charge in [-0.3, -0.25) is 4.79 Å². The van der Waals surface area contributed by atoms with E-state index in [4.69, 9.17) is 10.00 Å². The maximum absolute atomic E-state index is 12.7. The summed E-state index contributed by atoms with van der Waals surface area (Å²) in [6, 6.07) is 14.9. The molecule has 1 unspecified atom stereocenters. The Morgan fingerprint density at radius 1 is 1.10 bits per heavy atom. The molecule has 8 heteroatoms. The van der Waals surface area contributed by atoms with Crippen LogP contribution in [0.3, 0.4) is 0 Å². The fraction of sp³-hybridized carbons (Fsp3) is 0.333. The normalized spacial score (nSPS) is 12.2. The lowest BCUT2D eigenvalue weighted by molar-refractivity contribution is 0.0925. The maximum atomic E-state index is 12.7. The van der Waals surface area contributed by atoms with Crippen LogP contribution in [0.25, 0.3) is 0 Å². The highest BCUT2D eigenvalue weighted by Crippen LogP contribution is 2.24. The predicted octanol–water partition coefficient (Wildman–Crippen LogP) is 3.01. The zero-order chi connectivity index (χ0) is 21.4. The maximum Gasteiger partial charge on any atom is 0.251 e. The molecule has 154 valence electrons. The number of rotatable bonds is 9. The van der Waals surface area contributed by atoms with Crippen LogP contribution in [-0.4, -0.2) is 28.0 Å². The van der Waals surface area contributed by atoms with Gasteiger partial charge in [-0.05, 0) is 47.9 Å². The van der Waals surface area contributed by atoms with E-state index in [2.05, 4.69) is 10.0 Å². The minimum atomic E-state index is -3.71. The van der Waals surface area contributed by atoms with E-state index in [1.54, 1.807) is 7.11 Å². The van der Waals surface area contributed by atoms with Crippen LogP contribution in [0.2, 0.25) is 0 Å². The van der Waals surface area contributed by atoms with Gasteiger partial charge in [0.2, 0.25) is 10.0 Å². The first kappa shape index (κ1) is 22.4. The van der Waals surface area contributed by atoms with Crippen LogP contribution in [0, 0.1) is 17.2 Å². The average Bonchev–Trinajstić information content (AvgIpc) is 2.72. The van der Waals surface area contributed by atoms with Crippen molar-refractivity contribution in [3.8, 4) is 11.8 Å². The van der Waals surface area contributed by atoms with Gasteiger partial charge in [0.05, 0.1) is 24.1 Å².